The third-order valence-electron chi connectivity index (χ3n) is 2.77. The van der Waals surface area contributed by atoms with Crippen molar-refractivity contribution in [2.24, 2.45) is 0 Å². The lowest BCUT2D eigenvalue weighted by atomic mass is 10.2. The van der Waals surface area contributed by atoms with Crippen molar-refractivity contribution >= 4 is 33.5 Å². The highest BCUT2D eigenvalue weighted by atomic mass is 79.9. The molecule has 0 unspecified atom stereocenters. The van der Waals surface area contributed by atoms with Gasteiger partial charge in [0.1, 0.15) is 0 Å². The number of halogens is 1. The van der Waals surface area contributed by atoms with E-state index in [0.717, 1.165) is 10.0 Å². The second kappa shape index (κ2) is 7.04. The molecular formula is C15H13BrN2O4. The molecule has 0 spiro atoms. The predicted molar refractivity (Wildman–Crippen MR) is 83.2 cm³/mol. The Bertz CT molecular complexity index is 701. The van der Waals surface area contributed by atoms with E-state index in [1.54, 1.807) is 6.07 Å². The lowest BCUT2D eigenvalue weighted by Crippen LogP contribution is -2.25. The molecule has 2 rings (SSSR count). The third kappa shape index (κ3) is 4.29. The summed E-state index contributed by atoms with van der Waals surface area (Å²) in [6, 6.07) is 8.12. The summed E-state index contributed by atoms with van der Waals surface area (Å²) in [5.74, 6) is -1.12. The van der Waals surface area contributed by atoms with Crippen molar-refractivity contribution in [1.82, 2.24) is 0 Å². The number of aromatic nitrogens is 1. The van der Waals surface area contributed by atoms with Crippen molar-refractivity contribution in [2.75, 3.05) is 11.9 Å². The summed E-state index contributed by atoms with van der Waals surface area (Å²) in [6.45, 7) is 1.52. The smallest absolute Gasteiger partial charge is 0.339 e. The standard InChI is InChI=1S/C15H13BrN2O4/c1-10-2-3-13(12(16)8-10)17-14(19)9-22-15(20)11-4-6-18(21)7-5-11/h2-8H,9H2,1H3,(H,17,19). The van der Waals surface area contributed by atoms with E-state index in [2.05, 4.69) is 21.2 Å². The molecule has 7 heteroatoms. The number of hydrogen-bond donors (Lipinski definition) is 1. The Hall–Kier alpha value is -2.41. The number of amides is 1. The largest absolute Gasteiger partial charge is 0.619 e. The van der Waals surface area contributed by atoms with Crippen molar-refractivity contribution in [3.8, 4) is 0 Å². The fraction of sp³-hybridized carbons (Fsp3) is 0.133. The number of nitrogens with one attached hydrogen (secondary N) is 1. The SMILES string of the molecule is Cc1ccc(NC(=O)COC(=O)c2cc[n+]([O-])cc2)c(Br)c1. The molecule has 114 valence electrons. The molecule has 1 amide bonds. The van der Waals surface area contributed by atoms with Crippen LogP contribution < -0.4 is 10.0 Å². The van der Waals surface area contributed by atoms with Gasteiger partial charge in [0.25, 0.3) is 5.91 Å². The molecule has 0 saturated heterocycles. The topological polar surface area (TPSA) is 82.3 Å². The van der Waals surface area contributed by atoms with Gasteiger partial charge in [0.15, 0.2) is 19.0 Å². The summed E-state index contributed by atoms with van der Waals surface area (Å²) >= 11 is 3.34. The van der Waals surface area contributed by atoms with Gasteiger partial charge < -0.3 is 15.3 Å². The van der Waals surface area contributed by atoms with Gasteiger partial charge in [-0.1, -0.05) is 6.07 Å². The fourth-order valence-corrected chi connectivity index (χ4v) is 2.26. The van der Waals surface area contributed by atoms with Crippen LogP contribution in [0.25, 0.3) is 0 Å². The monoisotopic (exact) mass is 364 g/mol. The van der Waals surface area contributed by atoms with Crippen LogP contribution in [0.5, 0.6) is 0 Å². The maximum Gasteiger partial charge on any atom is 0.339 e. The van der Waals surface area contributed by atoms with Gasteiger partial charge in [-0.15, -0.1) is 0 Å². The van der Waals surface area contributed by atoms with Gasteiger partial charge in [-0.2, -0.15) is 4.73 Å². The quantitative estimate of drug-likeness (QED) is 0.512. The first kappa shape index (κ1) is 16.0. The predicted octanol–water partition coefficient (Wildman–Crippen LogP) is 2.19. The van der Waals surface area contributed by atoms with Gasteiger partial charge in [-0.25, -0.2) is 4.79 Å². The molecule has 0 aliphatic rings. The summed E-state index contributed by atoms with van der Waals surface area (Å²) in [5, 5.41) is 13.5. The Morgan fingerprint density at radius 2 is 1.95 bits per heavy atom. The van der Waals surface area contributed by atoms with Gasteiger partial charge >= 0.3 is 5.97 Å². The molecule has 0 radical (unpaired) electrons. The van der Waals surface area contributed by atoms with Crippen LogP contribution in [0.15, 0.2) is 47.2 Å². The molecule has 0 fully saturated rings. The van der Waals surface area contributed by atoms with Crippen LogP contribution in [-0.4, -0.2) is 18.5 Å². The van der Waals surface area contributed by atoms with Crippen LogP contribution in [0.3, 0.4) is 0 Å². The molecule has 0 aliphatic heterocycles. The summed E-state index contributed by atoms with van der Waals surface area (Å²) < 4.78 is 6.19. The second-order valence-corrected chi connectivity index (χ2v) is 5.41. The zero-order chi connectivity index (χ0) is 16.1. The van der Waals surface area contributed by atoms with Crippen molar-refractivity contribution < 1.29 is 19.1 Å². The first-order valence-electron chi connectivity index (χ1n) is 6.37. The Morgan fingerprint density at radius 1 is 1.27 bits per heavy atom. The van der Waals surface area contributed by atoms with E-state index in [1.165, 1.54) is 24.5 Å². The Balaban J connectivity index is 1.89. The first-order valence-corrected chi connectivity index (χ1v) is 7.17. The number of rotatable bonds is 4. The molecule has 1 heterocycles. The second-order valence-electron chi connectivity index (χ2n) is 4.55. The molecule has 0 aliphatic carbocycles. The van der Waals surface area contributed by atoms with Gasteiger partial charge in [0.2, 0.25) is 0 Å². The number of nitrogens with zero attached hydrogens (tertiary/aromatic N) is 1. The molecule has 0 atom stereocenters. The van der Waals surface area contributed by atoms with Crippen LogP contribution in [0.1, 0.15) is 15.9 Å². The number of hydrogen-bond acceptors (Lipinski definition) is 4. The lowest BCUT2D eigenvalue weighted by molar-refractivity contribution is -0.605. The van der Waals surface area contributed by atoms with Crippen LogP contribution in [0.2, 0.25) is 0 Å². The van der Waals surface area contributed by atoms with Gasteiger partial charge in [-0.3, -0.25) is 4.79 Å². The van der Waals surface area contributed by atoms with Crippen molar-refractivity contribution in [3.63, 3.8) is 0 Å². The van der Waals surface area contributed by atoms with E-state index in [4.69, 9.17) is 4.74 Å². The summed E-state index contributed by atoms with van der Waals surface area (Å²) in [7, 11) is 0. The van der Waals surface area contributed by atoms with Crippen molar-refractivity contribution in [2.45, 2.75) is 6.92 Å². The molecule has 1 aromatic heterocycles. The van der Waals surface area contributed by atoms with E-state index in [9.17, 15) is 14.8 Å². The Morgan fingerprint density at radius 3 is 2.59 bits per heavy atom. The number of pyridine rings is 1. The number of esters is 1. The third-order valence-corrected chi connectivity index (χ3v) is 3.43. The Labute approximate surface area is 135 Å². The molecule has 2 aromatic rings. The maximum absolute atomic E-state index is 11.8. The summed E-state index contributed by atoms with van der Waals surface area (Å²) in [4.78, 5) is 23.5. The highest BCUT2D eigenvalue weighted by Gasteiger charge is 2.12. The number of ether oxygens (including phenoxy) is 1. The molecule has 1 aromatic carbocycles. The molecule has 6 nitrogen and oxygen atoms in total. The van der Waals surface area contributed by atoms with Gasteiger partial charge in [0, 0.05) is 16.6 Å². The van der Waals surface area contributed by atoms with Gasteiger partial charge in [-0.05, 0) is 40.5 Å². The average molecular weight is 365 g/mol. The van der Waals surface area contributed by atoms with E-state index in [0.29, 0.717) is 10.4 Å². The van der Waals surface area contributed by atoms with Crippen LogP contribution in [-0.2, 0) is 9.53 Å². The van der Waals surface area contributed by atoms with Crippen molar-refractivity contribution in [1.29, 1.82) is 0 Å². The minimum atomic E-state index is -0.668. The van der Waals surface area contributed by atoms with Crippen LogP contribution in [0, 0.1) is 12.1 Å². The number of anilines is 1. The van der Waals surface area contributed by atoms with Crippen LogP contribution in [0.4, 0.5) is 5.69 Å². The molecule has 1 N–H and O–H groups in total. The number of benzene rings is 1. The van der Waals surface area contributed by atoms with Gasteiger partial charge in [0.05, 0.1) is 11.3 Å². The maximum atomic E-state index is 11.8. The highest BCUT2D eigenvalue weighted by Crippen LogP contribution is 2.23. The number of carbonyl (C=O) groups is 2. The van der Waals surface area contributed by atoms with E-state index in [1.807, 2.05) is 19.1 Å². The molecule has 0 saturated carbocycles. The molecule has 0 bridgehead atoms. The van der Waals surface area contributed by atoms with Crippen LogP contribution >= 0.6 is 15.9 Å². The molecular weight excluding hydrogens is 352 g/mol. The zero-order valence-electron chi connectivity index (χ0n) is 11.7. The van der Waals surface area contributed by atoms with Crippen molar-refractivity contribution in [3.05, 3.63) is 63.5 Å². The number of aryl methyl sites for hydroxylation is 1. The van der Waals surface area contributed by atoms with E-state index < -0.39 is 18.5 Å². The van der Waals surface area contributed by atoms with E-state index >= 15 is 0 Å². The normalized spacial score (nSPS) is 10.1. The lowest BCUT2D eigenvalue weighted by Gasteiger charge is -2.08. The highest BCUT2D eigenvalue weighted by molar-refractivity contribution is 9.10. The fourth-order valence-electron chi connectivity index (χ4n) is 1.67. The summed E-state index contributed by atoms with van der Waals surface area (Å²) in [5.41, 5.74) is 1.85. The first-order chi connectivity index (χ1) is 10.5. The summed E-state index contributed by atoms with van der Waals surface area (Å²) in [6.07, 6.45) is 2.36. The minimum absolute atomic E-state index is 0.205. The van der Waals surface area contributed by atoms with E-state index in [-0.39, 0.29) is 5.56 Å². The zero-order valence-corrected chi connectivity index (χ0v) is 13.3. The average Bonchev–Trinajstić information content (AvgIpc) is 2.48. The minimum Gasteiger partial charge on any atom is -0.619 e. The molecule has 22 heavy (non-hydrogen) atoms. The number of carbonyl (C=O) groups excluding carboxylic acids is 2. The Kier molecular flexibility index (Phi) is 5.11.